The quantitative estimate of drug-likeness (QED) is 0.619. The van der Waals surface area contributed by atoms with Crippen molar-refractivity contribution < 1.29 is 4.74 Å². The molecule has 1 aliphatic carbocycles. The standard InChI is InChI=1S/C22H20O/c1-2-23-18-13-10-17(11-14-18)20-8-5-9-21-19-7-4-3-6-16(19)12-15-22(20)21/h3-11,13-14H,2,12,15H2,1H3. The minimum Gasteiger partial charge on any atom is -0.494 e. The first kappa shape index (κ1) is 14.1. The van der Waals surface area contributed by atoms with Gasteiger partial charge in [-0.3, -0.25) is 0 Å². The van der Waals surface area contributed by atoms with Crippen molar-refractivity contribution in [3.05, 3.63) is 77.9 Å². The van der Waals surface area contributed by atoms with Crippen LogP contribution in [-0.4, -0.2) is 6.61 Å². The van der Waals surface area contributed by atoms with Gasteiger partial charge in [0, 0.05) is 0 Å². The van der Waals surface area contributed by atoms with Crippen LogP contribution in [0.25, 0.3) is 22.3 Å². The van der Waals surface area contributed by atoms with Crippen LogP contribution < -0.4 is 4.74 Å². The maximum absolute atomic E-state index is 5.56. The molecule has 23 heavy (non-hydrogen) atoms. The van der Waals surface area contributed by atoms with E-state index in [-0.39, 0.29) is 0 Å². The fourth-order valence-corrected chi connectivity index (χ4v) is 3.54. The Morgan fingerprint density at radius 3 is 2.30 bits per heavy atom. The van der Waals surface area contributed by atoms with E-state index in [9.17, 15) is 0 Å². The molecule has 0 heterocycles. The molecular formula is C22H20O. The zero-order chi connectivity index (χ0) is 15.6. The number of hydrogen-bond acceptors (Lipinski definition) is 1. The molecule has 3 aromatic carbocycles. The van der Waals surface area contributed by atoms with Crippen LogP contribution in [0.4, 0.5) is 0 Å². The maximum Gasteiger partial charge on any atom is 0.119 e. The SMILES string of the molecule is CCOc1ccc(-c2cccc3c2CCc2ccccc2-3)cc1. The van der Waals surface area contributed by atoms with E-state index in [1.807, 2.05) is 6.92 Å². The Labute approximate surface area is 137 Å². The van der Waals surface area contributed by atoms with E-state index < -0.39 is 0 Å². The van der Waals surface area contributed by atoms with Crippen molar-refractivity contribution in [2.24, 2.45) is 0 Å². The second-order valence-electron chi connectivity index (χ2n) is 5.95. The molecule has 0 bridgehead atoms. The van der Waals surface area contributed by atoms with Crippen molar-refractivity contribution in [3.8, 4) is 28.0 Å². The minimum absolute atomic E-state index is 0.705. The lowest BCUT2D eigenvalue weighted by molar-refractivity contribution is 0.340. The lowest BCUT2D eigenvalue weighted by Gasteiger charge is -2.22. The average molecular weight is 300 g/mol. The third-order valence-electron chi connectivity index (χ3n) is 4.60. The van der Waals surface area contributed by atoms with Crippen LogP contribution in [0.2, 0.25) is 0 Å². The highest BCUT2D eigenvalue weighted by molar-refractivity contribution is 5.81. The molecule has 0 aliphatic heterocycles. The Morgan fingerprint density at radius 1 is 0.739 bits per heavy atom. The van der Waals surface area contributed by atoms with Crippen molar-refractivity contribution in [3.63, 3.8) is 0 Å². The molecule has 0 atom stereocenters. The Hall–Kier alpha value is -2.54. The number of rotatable bonds is 3. The molecule has 0 amide bonds. The molecule has 1 aliphatic rings. The topological polar surface area (TPSA) is 9.23 Å². The van der Waals surface area contributed by atoms with Crippen molar-refractivity contribution in [2.45, 2.75) is 19.8 Å². The highest BCUT2D eigenvalue weighted by Crippen LogP contribution is 2.38. The van der Waals surface area contributed by atoms with Gasteiger partial charge in [0.05, 0.1) is 6.61 Å². The monoisotopic (exact) mass is 300 g/mol. The fourth-order valence-electron chi connectivity index (χ4n) is 3.54. The molecule has 114 valence electrons. The number of aryl methyl sites for hydroxylation is 1. The molecule has 0 spiro atoms. The van der Waals surface area contributed by atoms with E-state index in [1.165, 1.54) is 33.4 Å². The van der Waals surface area contributed by atoms with Crippen LogP contribution in [0.5, 0.6) is 5.75 Å². The van der Waals surface area contributed by atoms with Gasteiger partial charge in [0.2, 0.25) is 0 Å². The van der Waals surface area contributed by atoms with Gasteiger partial charge < -0.3 is 4.74 Å². The number of hydrogen-bond donors (Lipinski definition) is 0. The highest BCUT2D eigenvalue weighted by atomic mass is 16.5. The summed E-state index contributed by atoms with van der Waals surface area (Å²) in [7, 11) is 0. The van der Waals surface area contributed by atoms with Crippen LogP contribution in [0, 0.1) is 0 Å². The first-order chi connectivity index (χ1) is 11.4. The summed E-state index contributed by atoms with van der Waals surface area (Å²) in [5.41, 5.74) is 8.32. The number of fused-ring (bicyclic) bond motifs is 3. The molecule has 3 aromatic rings. The Balaban J connectivity index is 1.80. The third kappa shape index (κ3) is 2.53. The van der Waals surface area contributed by atoms with Gasteiger partial charge in [-0.1, -0.05) is 54.6 Å². The maximum atomic E-state index is 5.56. The summed E-state index contributed by atoms with van der Waals surface area (Å²) in [6.45, 7) is 2.72. The van der Waals surface area contributed by atoms with Crippen molar-refractivity contribution >= 4 is 0 Å². The van der Waals surface area contributed by atoms with E-state index in [0.29, 0.717) is 6.61 Å². The van der Waals surface area contributed by atoms with Gasteiger partial charge in [-0.05, 0) is 65.3 Å². The number of benzene rings is 3. The molecule has 0 radical (unpaired) electrons. The summed E-state index contributed by atoms with van der Waals surface area (Å²) in [6.07, 6.45) is 2.23. The zero-order valence-corrected chi connectivity index (χ0v) is 13.4. The van der Waals surface area contributed by atoms with E-state index in [0.717, 1.165) is 18.6 Å². The highest BCUT2D eigenvalue weighted by Gasteiger charge is 2.18. The van der Waals surface area contributed by atoms with Crippen LogP contribution in [0.15, 0.2) is 66.7 Å². The first-order valence-corrected chi connectivity index (χ1v) is 8.30. The van der Waals surface area contributed by atoms with Gasteiger partial charge in [-0.15, -0.1) is 0 Å². The lowest BCUT2D eigenvalue weighted by Crippen LogP contribution is -2.05. The van der Waals surface area contributed by atoms with Gasteiger partial charge in [-0.2, -0.15) is 0 Å². The van der Waals surface area contributed by atoms with Crippen molar-refractivity contribution in [1.29, 1.82) is 0 Å². The molecule has 0 saturated heterocycles. The third-order valence-corrected chi connectivity index (χ3v) is 4.60. The molecule has 1 heteroatoms. The van der Waals surface area contributed by atoms with Crippen LogP contribution in [-0.2, 0) is 12.8 Å². The van der Waals surface area contributed by atoms with Crippen LogP contribution in [0.3, 0.4) is 0 Å². The zero-order valence-electron chi connectivity index (χ0n) is 13.4. The van der Waals surface area contributed by atoms with Gasteiger partial charge in [0.1, 0.15) is 5.75 Å². The Morgan fingerprint density at radius 2 is 1.48 bits per heavy atom. The molecule has 0 unspecified atom stereocenters. The Bertz CT molecular complexity index is 831. The van der Waals surface area contributed by atoms with Crippen LogP contribution in [0.1, 0.15) is 18.1 Å². The van der Waals surface area contributed by atoms with Gasteiger partial charge >= 0.3 is 0 Å². The summed E-state index contributed by atoms with van der Waals surface area (Å²) in [6, 6.07) is 23.9. The van der Waals surface area contributed by atoms with E-state index in [1.54, 1.807) is 0 Å². The molecule has 0 saturated carbocycles. The second kappa shape index (κ2) is 5.92. The van der Waals surface area contributed by atoms with Crippen molar-refractivity contribution in [1.82, 2.24) is 0 Å². The summed E-state index contributed by atoms with van der Waals surface area (Å²) in [4.78, 5) is 0. The molecule has 4 rings (SSSR count). The van der Waals surface area contributed by atoms with Gasteiger partial charge in [0.25, 0.3) is 0 Å². The van der Waals surface area contributed by atoms with Gasteiger partial charge in [-0.25, -0.2) is 0 Å². The minimum atomic E-state index is 0.705. The summed E-state index contributed by atoms with van der Waals surface area (Å²) >= 11 is 0. The molecule has 0 fully saturated rings. The average Bonchev–Trinajstić information content (AvgIpc) is 2.62. The molecule has 1 nitrogen and oxygen atoms in total. The smallest absolute Gasteiger partial charge is 0.119 e. The Kier molecular flexibility index (Phi) is 3.63. The summed E-state index contributed by atoms with van der Waals surface area (Å²) in [5.74, 6) is 0.936. The number of ether oxygens (including phenoxy) is 1. The van der Waals surface area contributed by atoms with E-state index in [2.05, 4.69) is 66.7 Å². The van der Waals surface area contributed by atoms with Crippen LogP contribution >= 0.6 is 0 Å². The summed E-state index contributed by atoms with van der Waals surface area (Å²) in [5, 5.41) is 0. The molecular weight excluding hydrogens is 280 g/mol. The molecule has 0 aromatic heterocycles. The second-order valence-corrected chi connectivity index (χ2v) is 5.95. The van der Waals surface area contributed by atoms with E-state index >= 15 is 0 Å². The predicted molar refractivity (Wildman–Crippen MR) is 95.9 cm³/mol. The van der Waals surface area contributed by atoms with Crippen molar-refractivity contribution in [2.75, 3.05) is 6.61 Å². The summed E-state index contributed by atoms with van der Waals surface area (Å²) < 4.78 is 5.56. The van der Waals surface area contributed by atoms with E-state index in [4.69, 9.17) is 4.74 Å². The first-order valence-electron chi connectivity index (χ1n) is 8.30. The van der Waals surface area contributed by atoms with Gasteiger partial charge in [0.15, 0.2) is 0 Å². The largest absolute Gasteiger partial charge is 0.494 e. The lowest BCUT2D eigenvalue weighted by atomic mass is 9.82. The molecule has 0 N–H and O–H groups in total. The normalized spacial score (nSPS) is 12.4. The predicted octanol–water partition coefficient (Wildman–Crippen LogP) is 5.52. The fraction of sp³-hybridized carbons (Fsp3) is 0.182.